The molecule has 3 N–H and O–H groups in total. The van der Waals surface area contributed by atoms with E-state index in [2.05, 4.69) is 31.2 Å². The molecule has 5 nitrogen and oxygen atoms in total. The minimum atomic E-state index is -0.496. The van der Waals surface area contributed by atoms with E-state index < -0.39 is 11.2 Å². The van der Waals surface area contributed by atoms with Crippen LogP contribution < -0.4 is 16.6 Å². The molecule has 0 saturated heterocycles. The van der Waals surface area contributed by atoms with Crippen LogP contribution in [0.25, 0.3) is 0 Å². The van der Waals surface area contributed by atoms with E-state index in [9.17, 15) is 9.59 Å². The second-order valence-corrected chi connectivity index (χ2v) is 2.89. The van der Waals surface area contributed by atoms with Gasteiger partial charge in [0.25, 0.3) is 5.56 Å². The molecule has 66 valence electrons. The van der Waals surface area contributed by atoms with Crippen molar-refractivity contribution in [2.75, 3.05) is 17.2 Å². The second kappa shape index (κ2) is 4.10. The van der Waals surface area contributed by atoms with Crippen LogP contribution in [0.1, 0.15) is 0 Å². The van der Waals surface area contributed by atoms with Crippen molar-refractivity contribution in [2.24, 2.45) is 0 Å². The summed E-state index contributed by atoms with van der Waals surface area (Å²) in [6, 6.07) is 0. The van der Waals surface area contributed by atoms with Crippen molar-refractivity contribution in [3.63, 3.8) is 0 Å². The Hall–Kier alpha value is -1.04. The van der Waals surface area contributed by atoms with Gasteiger partial charge in [-0.1, -0.05) is 15.9 Å². The maximum Gasteiger partial charge on any atom is 0.325 e. The van der Waals surface area contributed by atoms with E-state index in [1.807, 2.05) is 0 Å². The molecule has 1 rings (SSSR count). The average Bonchev–Trinajstić information content (AvgIpc) is 2.03. The molecule has 0 atom stereocenters. The van der Waals surface area contributed by atoms with Crippen LogP contribution in [-0.4, -0.2) is 21.8 Å². The van der Waals surface area contributed by atoms with Gasteiger partial charge in [0.05, 0.1) is 0 Å². The standard InChI is InChI=1S/C6H8BrN3O2/c7-1-2-8-4-3-9-6(12)10-5(4)11/h3,8H,1-2H2,(H2,9,10,11,12). The summed E-state index contributed by atoms with van der Waals surface area (Å²) in [7, 11) is 0. The zero-order valence-electron chi connectivity index (χ0n) is 6.19. The maximum absolute atomic E-state index is 11.0. The van der Waals surface area contributed by atoms with Gasteiger partial charge >= 0.3 is 5.69 Å². The SMILES string of the molecule is O=c1[nH]cc(NCCBr)c(=O)[nH]1. The van der Waals surface area contributed by atoms with Crippen molar-refractivity contribution in [1.29, 1.82) is 0 Å². The zero-order chi connectivity index (χ0) is 8.97. The summed E-state index contributed by atoms with van der Waals surface area (Å²) >= 11 is 3.20. The number of H-pyrrole nitrogens is 2. The molecule has 0 spiro atoms. The van der Waals surface area contributed by atoms with Crippen LogP contribution in [0, 0.1) is 0 Å². The number of alkyl halides is 1. The van der Waals surface area contributed by atoms with Gasteiger partial charge in [0.2, 0.25) is 0 Å². The van der Waals surface area contributed by atoms with Crippen molar-refractivity contribution in [1.82, 2.24) is 9.97 Å². The number of rotatable bonds is 3. The molecule has 0 bridgehead atoms. The van der Waals surface area contributed by atoms with E-state index in [0.717, 1.165) is 5.33 Å². The lowest BCUT2D eigenvalue weighted by Gasteiger charge is -1.99. The number of aromatic nitrogens is 2. The van der Waals surface area contributed by atoms with Gasteiger partial charge in [0.1, 0.15) is 5.69 Å². The summed E-state index contributed by atoms with van der Waals surface area (Å²) < 4.78 is 0. The predicted molar refractivity (Wildman–Crippen MR) is 50.0 cm³/mol. The van der Waals surface area contributed by atoms with Crippen LogP contribution in [0.15, 0.2) is 15.8 Å². The Morgan fingerprint density at radius 2 is 2.25 bits per heavy atom. The summed E-state index contributed by atoms with van der Waals surface area (Å²) in [5, 5.41) is 3.57. The second-order valence-electron chi connectivity index (χ2n) is 2.10. The molecule has 0 unspecified atom stereocenters. The highest BCUT2D eigenvalue weighted by Crippen LogP contribution is 1.91. The van der Waals surface area contributed by atoms with E-state index in [1.54, 1.807) is 0 Å². The molecule has 6 heteroatoms. The van der Waals surface area contributed by atoms with E-state index >= 15 is 0 Å². The van der Waals surface area contributed by atoms with Crippen molar-refractivity contribution in [3.8, 4) is 0 Å². The molecule has 0 aliphatic rings. The molecular formula is C6H8BrN3O2. The van der Waals surface area contributed by atoms with E-state index in [0.29, 0.717) is 12.2 Å². The molecule has 0 aromatic carbocycles. The first-order chi connectivity index (χ1) is 5.74. The van der Waals surface area contributed by atoms with E-state index in [1.165, 1.54) is 6.20 Å². The van der Waals surface area contributed by atoms with Gasteiger partial charge in [-0.15, -0.1) is 0 Å². The summed E-state index contributed by atoms with van der Waals surface area (Å²) in [4.78, 5) is 26.0. The molecule has 0 saturated carbocycles. The average molecular weight is 234 g/mol. The number of aromatic amines is 2. The Bertz CT molecular complexity index is 356. The quantitative estimate of drug-likeness (QED) is 0.637. The summed E-state index contributed by atoms with van der Waals surface area (Å²) in [6.45, 7) is 0.634. The fourth-order valence-corrected chi connectivity index (χ4v) is 0.921. The molecule has 0 aliphatic heterocycles. The Morgan fingerprint density at radius 3 is 2.83 bits per heavy atom. The van der Waals surface area contributed by atoms with Gasteiger partial charge in [-0.25, -0.2) is 4.79 Å². The molecule has 1 aromatic rings. The van der Waals surface area contributed by atoms with Crippen LogP contribution in [0.2, 0.25) is 0 Å². The fourth-order valence-electron chi connectivity index (χ4n) is 0.723. The van der Waals surface area contributed by atoms with Gasteiger partial charge in [-0.2, -0.15) is 0 Å². The highest BCUT2D eigenvalue weighted by molar-refractivity contribution is 9.09. The smallest absolute Gasteiger partial charge is 0.325 e. The molecule has 0 radical (unpaired) electrons. The third-order valence-corrected chi connectivity index (χ3v) is 1.63. The highest BCUT2D eigenvalue weighted by atomic mass is 79.9. The first kappa shape index (κ1) is 9.05. The lowest BCUT2D eigenvalue weighted by Crippen LogP contribution is -2.24. The number of hydrogen-bond acceptors (Lipinski definition) is 3. The zero-order valence-corrected chi connectivity index (χ0v) is 7.77. The van der Waals surface area contributed by atoms with Gasteiger partial charge in [-0.05, 0) is 0 Å². The molecule has 1 heterocycles. The van der Waals surface area contributed by atoms with Crippen LogP contribution in [-0.2, 0) is 0 Å². The Balaban J connectivity index is 2.87. The van der Waals surface area contributed by atoms with E-state index in [4.69, 9.17) is 0 Å². The van der Waals surface area contributed by atoms with Crippen LogP contribution in [0.4, 0.5) is 5.69 Å². The van der Waals surface area contributed by atoms with Crippen molar-refractivity contribution >= 4 is 21.6 Å². The van der Waals surface area contributed by atoms with Gasteiger partial charge in [0, 0.05) is 18.1 Å². The Morgan fingerprint density at radius 1 is 1.50 bits per heavy atom. The Labute approximate surface area is 76.3 Å². The van der Waals surface area contributed by atoms with Crippen LogP contribution >= 0.6 is 15.9 Å². The van der Waals surface area contributed by atoms with Gasteiger partial charge < -0.3 is 10.3 Å². The minimum absolute atomic E-state index is 0.369. The van der Waals surface area contributed by atoms with Crippen LogP contribution in [0.3, 0.4) is 0 Å². The molecule has 12 heavy (non-hydrogen) atoms. The molecule has 0 aliphatic carbocycles. The normalized spacial score (nSPS) is 9.75. The number of anilines is 1. The van der Waals surface area contributed by atoms with E-state index in [-0.39, 0.29) is 0 Å². The number of halogens is 1. The highest BCUT2D eigenvalue weighted by Gasteiger charge is 1.96. The topological polar surface area (TPSA) is 77.8 Å². The van der Waals surface area contributed by atoms with Crippen molar-refractivity contribution < 1.29 is 0 Å². The predicted octanol–water partition coefficient (Wildman–Crippen LogP) is -0.130. The van der Waals surface area contributed by atoms with Crippen LogP contribution in [0.5, 0.6) is 0 Å². The first-order valence-electron chi connectivity index (χ1n) is 3.36. The molecule has 0 fully saturated rings. The van der Waals surface area contributed by atoms with Gasteiger partial charge in [0.15, 0.2) is 0 Å². The fraction of sp³-hybridized carbons (Fsp3) is 0.333. The minimum Gasteiger partial charge on any atom is -0.379 e. The monoisotopic (exact) mass is 233 g/mol. The third kappa shape index (κ3) is 2.23. The molecule has 0 amide bonds. The Kier molecular flexibility index (Phi) is 3.09. The third-order valence-electron chi connectivity index (χ3n) is 1.23. The lowest BCUT2D eigenvalue weighted by molar-refractivity contribution is 1.03. The number of nitrogens with one attached hydrogen (secondary N) is 3. The van der Waals surface area contributed by atoms with Gasteiger partial charge in [-0.3, -0.25) is 9.78 Å². The number of hydrogen-bond donors (Lipinski definition) is 3. The lowest BCUT2D eigenvalue weighted by atomic mass is 10.5. The molecule has 1 aromatic heterocycles. The molecular weight excluding hydrogens is 226 g/mol. The maximum atomic E-state index is 11.0. The van der Waals surface area contributed by atoms with Crippen molar-refractivity contribution in [2.45, 2.75) is 0 Å². The summed E-state index contributed by atoms with van der Waals surface area (Å²) in [6.07, 6.45) is 1.35. The largest absolute Gasteiger partial charge is 0.379 e. The van der Waals surface area contributed by atoms with Crippen molar-refractivity contribution in [3.05, 3.63) is 27.0 Å². The first-order valence-corrected chi connectivity index (χ1v) is 4.48. The summed E-state index contributed by atoms with van der Waals surface area (Å²) in [5.74, 6) is 0. The summed E-state index contributed by atoms with van der Waals surface area (Å²) in [5.41, 5.74) is -0.529.